The lowest BCUT2D eigenvalue weighted by molar-refractivity contribution is -0.126. The maximum absolute atomic E-state index is 12.8. The van der Waals surface area contributed by atoms with E-state index < -0.39 is 0 Å². The number of hydrogen-bond acceptors (Lipinski definition) is 5. The first-order valence-corrected chi connectivity index (χ1v) is 8.61. The summed E-state index contributed by atoms with van der Waals surface area (Å²) in [5.74, 6) is 0.150. The molecule has 7 nitrogen and oxygen atoms in total. The summed E-state index contributed by atoms with van der Waals surface area (Å²) in [6, 6.07) is 0. The zero-order chi connectivity index (χ0) is 17.7. The van der Waals surface area contributed by atoms with Crippen LogP contribution in [0, 0.1) is 5.92 Å². The summed E-state index contributed by atoms with van der Waals surface area (Å²) < 4.78 is 0. The number of hydrogen-bond donors (Lipinski definition) is 2. The zero-order valence-corrected chi connectivity index (χ0v) is 14.8. The van der Waals surface area contributed by atoms with Gasteiger partial charge in [0.2, 0.25) is 5.91 Å². The molecule has 1 aliphatic heterocycles. The Labute approximate surface area is 147 Å². The lowest BCUT2D eigenvalue weighted by Crippen LogP contribution is -2.46. The molecule has 1 aromatic heterocycles. The van der Waals surface area contributed by atoms with Gasteiger partial charge >= 0.3 is 0 Å². The number of likely N-dealkylation sites (tertiary alicyclic amines) is 1. The van der Waals surface area contributed by atoms with Crippen LogP contribution < -0.4 is 11.1 Å². The summed E-state index contributed by atoms with van der Waals surface area (Å²) >= 11 is 6.12. The second-order valence-electron chi connectivity index (χ2n) is 6.25. The highest BCUT2D eigenvalue weighted by Crippen LogP contribution is 2.22. The molecule has 3 N–H and O–H groups in total. The van der Waals surface area contributed by atoms with Crippen LogP contribution in [-0.4, -0.2) is 52.9 Å². The van der Waals surface area contributed by atoms with Crippen LogP contribution in [0.1, 0.15) is 48.9 Å². The standard InChI is InChI=1S/C16H24ClN5O2/c1-10(2)14-20-8-12(17)13(21-14)16(24)22-7-3-4-11(9-22)15(23)19-6-5-18/h8,10-11H,3-7,9,18H2,1-2H3,(H,19,23). The van der Waals surface area contributed by atoms with Crippen molar-refractivity contribution in [1.82, 2.24) is 20.2 Å². The third kappa shape index (κ3) is 4.42. The first-order chi connectivity index (χ1) is 11.4. The van der Waals surface area contributed by atoms with Crippen molar-refractivity contribution in [3.63, 3.8) is 0 Å². The highest BCUT2D eigenvalue weighted by atomic mass is 35.5. The van der Waals surface area contributed by atoms with Crippen molar-refractivity contribution in [3.8, 4) is 0 Å². The number of carbonyl (C=O) groups excluding carboxylic acids is 2. The molecule has 0 bridgehead atoms. The summed E-state index contributed by atoms with van der Waals surface area (Å²) in [6.45, 7) is 5.71. The fourth-order valence-electron chi connectivity index (χ4n) is 2.67. The lowest BCUT2D eigenvalue weighted by Gasteiger charge is -2.32. The molecule has 2 heterocycles. The highest BCUT2D eigenvalue weighted by Gasteiger charge is 2.30. The number of nitrogens with one attached hydrogen (secondary N) is 1. The normalized spacial score (nSPS) is 17.9. The number of piperidine rings is 1. The van der Waals surface area contributed by atoms with Crippen molar-refractivity contribution < 1.29 is 9.59 Å². The van der Waals surface area contributed by atoms with Crippen LogP contribution in [0.3, 0.4) is 0 Å². The van der Waals surface area contributed by atoms with Gasteiger partial charge < -0.3 is 16.0 Å². The highest BCUT2D eigenvalue weighted by molar-refractivity contribution is 6.33. The minimum atomic E-state index is -0.249. The van der Waals surface area contributed by atoms with Crippen molar-refractivity contribution in [1.29, 1.82) is 0 Å². The Morgan fingerprint density at radius 3 is 2.92 bits per heavy atom. The van der Waals surface area contributed by atoms with E-state index in [2.05, 4.69) is 15.3 Å². The van der Waals surface area contributed by atoms with Crippen molar-refractivity contribution in [2.75, 3.05) is 26.2 Å². The molecule has 2 rings (SSSR count). The minimum Gasteiger partial charge on any atom is -0.355 e. The molecule has 0 radical (unpaired) electrons. The van der Waals surface area contributed by atoms with Crippen LogP contribution in [0.5, 0.6) is 0 Å². The topological polar surface area (TPSA) is 101 Å². The van der Waals surface area contributed by atoms with Gasteiger partial charge in [-0.1, -0.05) is 25.4 Å². The van der Waals surface area contributed by atoms with Crippen LogP contribution in [-0.2, 0) is 4.79 Å². The maximum Gasteiger partial charge on any atom is 0.274 e. The van der Waals surface area contributed by atoms with Gasteiger partial charge in [-0.05, 0) is 12.8 Å². The molecular weight excluding hydrogens is 330 g/mol. The molecule has 132 valence electrons. The van der Waals surface area contributed by atoms with E-state index in [1.807, 2.05) is 13.8 Å². The van der Waals surface area contributed by atoms with Gasteiger partial charge in [-0.2, -0.15) is 0 Å². The van der Waals surface area contributed by atoms with Crippen molar-refractivity contribution in [3.05, 3.63) is 22.7 Å². The smallest absolute Gasteiger partial charge is 0.274 e. The van der Waals surface area contributed by atoms with Crippen LogP contribution in [0.15, 0.2) is 6.20 Å². The third-order valence-corrected chi connectivity index (χ3v) is 4.28. The number of halogens is 1. The number of carbonyl (C=O) groups is 2. The largest absolute Gasteiger partial charge is 0.355 e. The Kier molecular flexibility index (Phi) is 6.51. The van der Waals surface area contributed by atoms with E-state index in [9.17, 15) is 9.59 Å². The molecule has 0 aromatic carbocycles. The average molecular weight is 354 g/mol. The van der Waals surface area contributed by atoms with Gasteiger partial charge in [-0.3, -0.25) is 9.59 Å². The van der Waals surface area contributed by atoms with Gasteiger partial charge in [0.05, 0.1) is 17.1 Å². The number of nitrogens with zero attached hydrogens (tertiary/aromatic N) is 3. The van der Waals surface area contributed by atoms with Gasteiger partial charge in [0.15, 0.2) is 5.69 Å². The first kappa shape index (κ1) is 18.6. The molecule has 1 aromatic rings. The van der Waals surface area contributed by atoms with Crippen molar-refractivity contribution in [2.45, 2.75) is 32.6 Å². The van der Waals surface area contributed by atoms with E-state index in [0.717, 1.165) is 12.8 Å². The number of nitrogens with two attached hydrogens (primary N) is 1. The predicted octanol–water partition coefficient (Wildman–Crippen LogP) is 1.18. The van der Waals surface area contributed by atoms with Crippen molar-refractivity contribution >= 4 is 23.4 Å². The minimum absolute atomic E-state index is 0.0606. The van der Waals surface area contributed by atoms with Crippen LogP contribution >= 0.6 is 11.6 Å². The van der Waals surface area contributed by atoms with Gasteiger partial charge in [0.25, 0.3) is 5.91 Å². The Hall–Kier alpha value is -1.73. The molecule has 0 aliphatic carbocycles. The molecule has 2 amide bonds. The molecule has 0 spiro atoms. The molecule has 1 unspecified atom stereocenters. The molecule has 1 fully saturated rings. The summed E-state index contributed by atoms with van der Waals surface area (Å²) in [7, 11) is 0. The number of aromatic nitrogens is 2. The Morgan fingerprint density at radius 1 is 1.50 bits per heavy atom. The Balaban J connectivity index is 2.12. The molecule has 1 saturated heterocycles. The molecular formula is C16H24ClN5O2. The Morgan fingerprint density at radius 2 is 2.25 bits per heavy atom. The van der Waals surface area contributed by atoms with E-state index in [0.29, 0.717) is 32.0 Å². The molecule has 0 saturated carbocycles. The predicted molar refractivity (Wildman–Crippen MR) is 91.8 cm³/mol. The van der Waals surface area contributed by atoms with Crippen LogP contribution in [0.4, 0.5) is 0 Å². The van der Waals surface area contributed by atoms with E-state index >= 15 is 0 Å². The number of rotatable bonds is 5. The SMILES string of the molecule is CC(C)c1ncc(Cl)c(C(=O)N2CCCC(C(=O)NCCN)C2)n1. The van der Waals surface area contributed by atoms with Crippen LogP contribution in [0.2, 0.25) is 5.02 Å². The fraction of sp³-hybridized carbons (Fsp3) is 0.625. The molecule has 24 heavy (non-hydrogen) atoms. The Bertz CT molecular complexity index is 608. The second-order valence-corrected chi connectivity index (χ2v) is 6.66. The average Bonchev–Trinajstić information content (AvgIpc) is 2.59. The van der Waals surface area contributed by atoms with Crippen LogP contribution in [0.25, 0.3) is 0 Å². The molecule has 1 atom stereocenters. The monoisotopic (exact) mass is 353 g/mol. The van der Waals surface area contributed by atoms with E-state index in [-0.39, 0.29) is 34.4 Å². The fourth-order valence-corrected chi connectivity index (χ4v) is 2.85. The first-order valence-electron chi connectivity index (χ1n) is 8.23. The zero-order valence-electron chi connectivity index (χ0n) is 14.1. The lowest BCUT2D eigenvalue weighted by atomic mass is 9.97. The van der Waals surface area contributed by atoms with Gasteiger partial charge in [-0.25, -0.2) is 9.97 Å². The third-order valence-electron chi connectivity index (χ3n) is 4.00. The second kappa shape index (κ2) is 8.39. The van der Waals surface area contributed by atoms with Crippen molar-refractivity contribution in [2.24, 2.45) is 11.7 Å². The quantitative estimate of drug-likeness (QED) is 0.827. The summed E-state index contributed by atoms with van der Waals surface area (Å²) in [5.41, 5.74) is 5.61. The van der Waals surface area contributed by atoms with E-state index in [1.54, 1.807) is 4.90 Å². The van der Waals surface area contributed by atoms with Gasteiger partial charge in [0.1, 0.15) is 5.82 Å². The molecule has 8 heteroatoms. The van der Waals surface area contributed by atoms with E-state index in [1.165, 1.54) is 6.20 Å². The number of amides is 2. The summed E-state index contributed by atoms with van der Waals surface area (Å²) in [4.78, 5) is 35.0. The van der Waals surface area contributed by atoms with Gasteiger partial charge in [0, 0.05) is 32.1 Å². The van der Waals surface area contributed by atoms with Gasteiger partial charge in [-0.15, -0.1) is 0 Å². The van der Waals surface area contributed by atoms with E-state index in [4.69, 9.17) is 17.3 Å². The summed E-state index contributed by atoms with van der Waals surface area (Å²) in [6.07, 6.45) is 2.99. The summed E-state index contributed by atoms with van der Waals surface area (Å²) in [5, 5.41) is 3.02. The maximum atomic E-state index is 12.8. The molecule has 1 aliphatic rings.